The first-order chi connectivity index (χ1) is 48.0. The van der Waals surface area contributed by atoms with Gasteiger partial charge in [0.05, 0.1) is 26.4 Å². The van der Waals surface area contributed by atoms with Crippen molar-refractivity contribution in [2.75, 3.05) is 39.6 Å². The molecular formula is C80H156O17P2. The highest BCUT2D eigenvalue weighted by Crippen LogP contribution is 2.45. The fraction of sp³-hybridized carbons (Fsp3) is 0.950. The summed E-state index contributed by atoms with van der Waals surface area (Å²) in [7, 11) is -9.92. The van der Waals surface area contributed by atoms with Crippen molar-refractivity contribution in [3.05, 3.63) is 0 Å². The van der Waals surface area contributed by atoms with Gasteiger partial charge in [-0.15, -0.1) is 0 Å². The van der Waals surface area contributed by atoms with E-state index in [1.807, 2.05) is 0 Å². The number of carbonyl (C=O) groups is 4. The minimum atomic E-state index is -4.96. The molecule has 0 aliphatic carbocycles. The SMILES string of the molecule is CCCCCCCCCCCCCCCCCCC(=O)OC[C@H](COP(=O)(O)OC[C@@H](O)COP(=O)(O)OC[C@@H](COC(=O)CCCCCCCCCCCC)OC(=O)CCCCCCCCCCCCCCCC)OC(=O)CCCCCCCCCCCCCCCCCCC(C)C. The predicted molar refractivity (Wildman–Crippen MR) is 405 cm³/mol. The Morgan fingerprint density at radius 3 is 0.687 bits per heavy atom. The molecule has 0 bridgehead atoms. The maximum absolute atomic E-state index is 13.1. The zero-order chi connectivity index (χ0) is 72.7. The molecule has 0 saturated heterocycles. The first-order valence-corrected chi connectivity index (χ1v) is 44.6. The standard InChI is InChI=1S/C80H156O17P2/c1-6-9-12-15-18-21-24-26-28-32-36-39-44-49-54-59-64-78(83)91-70-76(97-80(85)66-61-56-51-46-41-37-33-30-29-31-34-38-42-47-52-57-62-73(4)5)72-95-99(88,89)93-68-74(81)67-92-98(86,87)94-71-75(69-90-77(82)63-58-53-48-43-23-20-17-14-11-8-3)96-79(84)65-60-55-50-45-40-35-27-25-22-19-16-13-10-7-2/h73-76,81H,6-72H2,1-5H3,(H,86,87)(H,88,89)/t74-,75+,76+/m0/s1. The summed E-state index contributed by atoms with van der Waals surface area (Å²) in [5, 5.41) is 10.6. The molecule has 0 fully saturated rings. The number of esters is 4. The highest BCUT2D eigenvalue weighted by Gasteiger charge is 2.30. The second-order valence-corrected chi connectivity index (χ2v) is 32.2. The van der Waals surface area contributed by atoms with E-state index >= 15 is 0 Å². The number of hydrogen-bond donors (Lipinski definition) is 3. The molecule has 0 aliphatic rings. The van der Waals surface area contributed by atoms with Crippen LogP contribution in [0.15, 0.2) is 0 Å². The van der Waals surface area contributed by atoms with Gasteiger partial charge in [-0.3, -0.25) is 37.3 Å². The topological polar surface area (TPSA) is 237 Å². The van der Waals surface area contributed by atoms with Crippen molar-refractivity contribution >= 4 is 39.5 Å². The van der Waals surface area contributed by atoms with Crippen LogP contribution < -0.4 is 0 Å². The summed E-state index contributed by atoms with van der Waals surface area (Å²) in [5.41, 5.74) is 0. The number of aliphatic hydroxyl groups is 1. The second-order valence-electron chi connectivity index (χ2n) is 29.3. The zero-order valence-electron chi connectivity index (χ0n) is 64.6. The van der Waals surface area contributed by atoms with Gasteiger partial charge in [0.1, 0.15) is 19.3 Å². The van der Waals surface area contributed by atoms with E-state index in [-0.39, 0.29) is 25.7 Å². The molecule has 0 aromatic heterocycles. The lowest BCUT2D eigenvalue weighted by molar-refractivity contribution is -0.161. The van der Waals surface area contributed by atoms with Crippen LogP contribution in [0.25, 0.3) is 0 Å². The van der Waals surface area contributed by atoms with Crippen LogP contribution >= 0.6 is 15.6 Å². The van der Waals surface area contributed by atoms with Crippen LogP contribution in [0.4, 0.5) is 0 Å². The minimum Gasteiger partial charge on any atom is -0.462 e. The Balaban J connectivity index is 5.23. The number of hydrogen-bond acceptors (Lipinski definition) is 15. The molecule has 99 heavy (non-hydrogen) atoms. The van der Waals surface area contributed by atoms with Gasteiger partial charge in [0.25, 0.3) is 0 Å². The van der Waals surface area contributed by atoms with Crippen LogP contribution in [0, 0.1) is 5.92 Å². The smallest absolute Gasteiger partial charge is 0.462 e. The van der Waals surface area contributed by atoms with Gasteiger partial charge in [-0.1, -0.05) is 375 Å². The molecule has 0 radical (unpaired) electrons. The molecule has 0 saturated carbocycles. The van der Waals surface area contributed by atoms with Crippen molar-refractivity contribution in [3.8, 4) is 0 Å². The Kier molecular flexibility index (Phi) is 71.6. The van der Waals surface area contributed by atoms with Crippen molar-refractivity contribution in [2.45, 2.75) is 445 Å². The number of carbonyl (C=O) groups excluding carboxylic acids is 4. The molecule has 0 aromatic rings. The van der Waals surface area contributed by atoms with E-state index in [0.29, 0.717) is 25.7 Å². The van der Waals surface area contributed by atoms with E-state index in [1.165, 1.54) is 250 Å². The number of phosphoric ester groups is 2. The molecule has 588 valence electrons. The van der Waals surface area contributed by atoms with Gasteiger partial charge in [0.15, 0.2) is 12.2 Å². The lowest BCUT2D eigenvalue weighted by Crippen LogP contribution is -2.30. The molecule has 0 heterocycles. The molecule has 0 aromatic carbocycles. The molecule has 17 nitrogen and oxygen atoms in total. The Morgan fingerprint density at radius 1 is 0.273 bits per heavy atom. The maximum Gasteiger partial charge on any atom is 0.472 e. The highest BCUT2D eigenvalue weighted by molar-refractivity contribution is 7.47. The average molecular weight is 1450 g/mol. The van der Waals surface area contributed by atoms with E-state index in [4.69, 9.17) is 37.0 Å². The fourth-order valence-electron chi connectivity index (χ4n) is 12.4. The van der Waals surface area contributed by atoms with Crippen LogP contribution in [0.2, 0.25) is 0 Å². The molecule has 0 amide bonds. The Labute approximate surface area is 607 Å². The van der Waals surface area contributed by atoms with Crippen LogP contribution in [0.5, 0.6) is 0 Å². The third-order valence-electron chi connectivity index (χ3n) is 18.8. The van der Waals surface area contributed by atoms with Crippen LogP contribution in [-0.2, 0) is 65.4 Å². The van der Waals surface area contributed by atoms with Crippen molar-refractivity contribution in [2.24, 2.45) is 5.92 Å². The van der Waals surface area contributed by atoms with Crippen LogP contribution in [0.3, 0.4) is 0 Å². The minimum absolute atomic E-state index is 0.108. The lowest BCUT2D eigenvalue weighted by Gasteiger charge is -2.21. The zero-order valence-corrected chi connectivity index (χ0v) is 66.4. The molecular weight excluding hydrogens is 1290 g/mol. The summed E-state index contributed by atoms with van der Waals surface area (Å²) >= 11 is 0. The maximum atomic E-state index is 13.1. The van der Waals surface area contributed by atoms with E-state index in [2.05, 4.69) is 34.6 Å². The van der Waals surface area contributed by atoms with Gasteiger partial charge >= 0.3 is 39.5 Å². The molecule has 5 atom stereocenters. The van der Waals surface area contributed by atoms with E-state index in [9.17, 15) is 43.2 Å². The van der Waals surface area contributed by atoms with Gasteiger partial charge in [-0.25, -0.2) is 9.13 Å². The third-order valence-corrected chi connectivity index (χ3v) is 20.7. The summed E-state index contributed by atoms with van der Waals surface area (Å²) in [6.45, 7) is 7.35. The van der Waals surface area contributed by atoms with Crippen LogP contribution in [0.1, 0.15) is 426 Å². The quantitative estimate of drug-likeness (QED) is 0.0222. The summed E-state index contributed by atoms with van der Waals surface area (Å²) in [6, 6.07) is 0. The highest BCUT2D eigenvalue weighted by atomic mass is 31.2. The van der Waals surface area contributed by atoms with Crippen molar-refractivity contribution in [1.82, 2.24) is 0 Å². The van der Waals surface area contributed by atoms with Gasteiger partial charge < -0.3 is 33.8 Å². The number of ether oxygens (including phenoxy) is 4. The fourth-order valence-corrected chi connectivity index (χ4v) is 14.0. The normalized spacial score (nSPS) is 13.9. The molecule has 0 aliphatic heterocycles. The van der Waals surface area contributed by atoms with Crippen LogP contribution in [-0.4, -0.2) is 96.7 Å². The largest absolute Gasteiger partial charge is 0.472 e. The molecule has 2 unspecified atom stereocenters. The number of rotatable bonds is 80. The number of unbranched alkanes of at least 4 members (excludes halogenated alkanes) is 52. The van der Waals surface area contributed by atoms with Crippen molar-refractivity contribution < 1.29 is 80.2 Å². The Hall–Kier alpha value is -1.94. The number of phosphoric acid groups is 2. The lowest BCUT2D eigenvalue weighted by atomic mass is 10.0. The predicted octanol–water partition coefficient (Wildman–Crippen LogP) is 24.0. The second kappa shape index (κ2) is 73.0. The van der Waals surface area contributed by atoms with Crippen molar-refractivity contribution in [3.63, 3.8) is 0 Å². The average Bonchev–Trinajstić information content (AvgIpc) is 1.33. The first kappa shape index (κ1) is 97.1. The van der Waals surface area contributed by atoms with Gasteiger partial charge in [0.2, 0.25) is 0 Å². The number of aliphatic hydroxyl groups excluding tert-OH is 1. The van der Waals surface area contributed by atoms with E-state index < -0.39 is 97.5 Å². The summed E-state index contributed by atoms with van der Waals surface area (Å²) < 4.78 is 68.7. The summed E-state index contributed by atoms with van der Waals surface area (Å²) in [5.74, 6) is -1.30. The van der Waals surface area contributed by atoms with E-state index in [0.717, 1.165) is 95.8 Å². The monoisotopic (exact) mass is 1450 g/mol. The molecule has 0 spiro atoms. The first-order valence-electron chi connectivity index (χ1n) is 41.6. The molecule has 3 N–H and O–H groups in total. The summed E-state index contributed by atoms with van der Waals surface area (Å²) in [6.07, 6.45) is 63.7. The van der Waals surface area contributed by atoms with Crippen molar-refractivity contribution in [1.29, 1.82) is 0 Å². The Morgan fingerprint density at radius 2 is 0.465 bits per heavy atom. The third kappa shape index (κ3) is 74.1. The van der Waals surface area contributed by atoms with Gasteiger partial charge in [0, 0.05) is 25.7 Å². The molecule has 19 heteroatoms. The van der Waals surface area contributed by atoms with E-state index in [1.54, 1.807) is 0 Å². The Bertz CT molecular complexity index is 1890. The van der Waals surface area contributed by atoms with Gasteiger partial charge in [-0.05, 0) is 31.6 Å². The summed E-state index contributed by atoms with van der Waals surface area (Å²) in [4.78, 5) is 73.0. The van der Waals surface area contributed by atoms with Gasteiger partial charge in [-0.2, -0.15) is 0 Å². The molecule has 0 rings (SSSR count).